The third kappa shape index (κ3) is 3.63. The van der Waals surface area contributed by atoms with Crippen LogP contribution in [0.15, 0.2) is 60.3 Å². The van der Waals surface area contributed by atoms with Crippen molar-refractivity contribution in [2.75, 3.05) is 4.90 Å². The van der Waals surface area contributed by atoms with Crippen LogP contribution in [0.4, 0.5) is 14.9 Å². The van der Waals surface area contributed by atoms with Crippen LogP contribution in [0.2, 0.25) is 0 Å². The Bertz CT molecular complexity index is 1020. The second kappa shape index (κ2) is 7.50. The topological polar surface area (TPSA) is 69.7 Å². The van der Waals surface area contributed by atoms with Gasteiger partial charge in [-0.25, -0.2) is 9.18 Å². The van der Waals surface area contributed by atoms with Gasteiger partial charge in [0.2, 0.25) is 0 Å². The van der Waals surface area contributed by atoms with Crippen LogP contribution < -0.4 is 10.2 Å². The van der Waals surface area contributed by atoms with E-state index in [9.17, 15) is 18.8 Å². The van der Waals surface area contributed by atoms with Crippen LogP contribution in [0, 0.1) is 5.82 Å². The normalized spacial score (nSPS) is 20.7. The van der Waals surface area contributed by atoms with Crippen molar-refractivity contribution in [2.24, 2.45) is 0 Å². The molecule has 2 aromatic rings. The minimum absolute atomic E-state index is 0.0151. The van der Waals surface area contributed by atoms with E-state index in [4.69, 9.17) is 0 Å². The number of barbiturate groups is 1. The van der Waals surface area contributed by atoms with E-state index in [0.717, 1.165) is 28.1 Å². The molecule has 2 aliphatic rings. The lowest BCUT2D eigenvalue weighted by molar-refractivity contribution is -0.130. The minimum Gasteiger partial charge on any atom is -0.344 e. The number of fused-ring (bicyclic) bond motifs is 1. The van der Waals surface area contributed by atoms with E-state index >= 15 is 0 Å². The summed E-state index contributed by atoms with van der Waals surface area (Å²) in [5.41, 5.74) is 2.23. The molecule has 1 atom stereocenters. The highest BCUT2D eigenvalue weighted by molar-refractivity contribution is 6.28. The van der Waals surface area contributed by atoms with Crippen molar-refractivity contribution in [1.29, 1.82) is 0 Å². The Kier molecular flexibility index (Phi) is 4.88. The zero-order valence-corrected chi connectivity index (χ0v) is 15.9. The summed E-state index contributed by atoms with van der Waals surface area (Å²) in [7, 11) is 0. The summed E-state index contributed by atoms with van der Waals surface area (Å²) < 4.78 is 13.6. The summed E-state index contributed by atoms with van der Waals surface area (Å²) in [5, 5.41) is 2.24. The molecule has 1 unspecified atom stereocenters. The Hall–Kier alpha value is -3.48. The van der Waals surface area contributed by atoms with Crippen LogP contribution in [0.1, 0.15) is 24.5 Å². The van der Waals surface area contributed by atoms with E-state index < -0.39 is 17.8 Å². The molecule has 4 amide bonds. The molecule has 2 heterocycles. The fraction of sp³-hybridized carbons (Fsp3) is 0.227. The molecule has 1 saturated heterocycles. The van der Waals surface area contributed by atoms with E-state index in [1.54, 1.807) is 18.2 Å². The van der Waals surface area contributed by atoms with Crippen LogP contribution in [0.5, 0.6) is 0 Å². The molecule has 2 aliphatic heterocycles. The number of nitrogens with one attached hydrogen (secondary N) is 1. The van der Waals surface area contributed by atoms with Gasteiger partial charge < -0.3 is 4.90 Å². The predicted molar refractivity (Wildman–Crippen MR) is 105 cm³/mol. The SMILES string of the molecule is CC1CCc2cc(F)ccc2N1C=C1C(=O)NC(=O)N(Cc2ccccc2)C1=O. The lowest BCUT2D eigenvalue weighted by Gasteiger charge is -2.36. The molecule has 0 bridgehead atoms. The highest BCUT2D eigenvalue weighted by Crippen LogP contribution is 2.32. The number of hydrogen-bond donors (Lipinski definition) is 1. The minimum atomic E-state index is -0.741. The van der Waals surface area contributed by atoms with Gasteiger partial charge in [0.1, 0.15) is 11.4 Å². The summed E-state index contributed by atoms with van der Waals surface area (Å²) in [4.78, 5) is 40.5. The van der Waals surface area contributed by atoms with Gasteiger partial charge in [0, 0.05) is 17.9 Å². The van der Waals surface area contributed by atoms with Gasteiger partial charge in [-0.1, -0.05) is 30.3 Å². The highest BCUT2D eigenvalue weighted by atomic mass is 19.1. The van der Waals surface area contributed by atoms with Gasteiger partial charge in [0.05, 0.1) is 6.54 Å². The third-order valence-electron chi connectivity index (χ3n) is 5.26. The molecule has 1 fully saturated rings. The van der Waals surface area contributed by atoms with E-state index in [1.165, 1.54) is 18.3 Å². The Morgan fingerprint density at radius 2 is 1.90 bits per heavy atom. The average molecular weight is 393 g/mol. The number of rotatable bonds is 3. The number of anilines is 1. The quantitative estimate of drug-likeness (QED) is 0.643. The Morgan fingerprint density at radius 3 is 2.66 bits per heavy atom. The molecular formula is C22H20FN3O3. The largest absolute Gasteiger partial charge is 0.344 e. The maximum absolute atomic E-state index is 13.6. The number of carbonyl (C=O) groups excluding carboxylic acids is 3. The van der Waals surface area contributed by atoms with Crippen LogP contribution in [-0.4, -0.2) is 28.8 Å². The Labute approximate surface area is 167 Å². The van der Waals surface area contributed by atoms with E-state index in [-0.39, 0.29) is 24.0 Å². The van der Waals surface area contributed by atoms with E-state index in [0.29, 0.717) is 6.42 Å². The third-order valence-corrected chi connectivity index (χ3v) is 5.26. The summed E-state index contributed by atoms with van der Waals surface area (Å²) in [5.74, 6) is -1.70. The molecule has 7 heteroatoms. The average Bonchev–Trinajstić information content (AvgIpc) is 2.70. The number of imide groups is 2. The molecule has 29 heavy (non-hydrogen) atoms. The molecule has 0 spiro atoms. The van der Waals surface area contributed by atoms with Crippen LogP contribution in [-0.2, 0) is 22.6 Å². The predicted octanol–water partition coefficient (Wildman–Crippen LogP) is 3.13. The van der Waals surface area contributed by atoms with Crippen molar-refractivity contribution in [3.8, 4) is 0 Å². The molecule has 4 rings (SSSR count). The van der Waals surface area contributed by atoms with Gasteiger partial charge >= 0.3 is 6.03 Å². The van der Waals surface area contributed by atoms with Gasteiger partial charge in [0.15, 0.2) is 0 Å². The molecule has 6 nitrogen and oxygen atoms in total. The Morgan fingerprint density at radius 1 is 1.14 bits per heavy atom. The number of halogens is 1. The first-order valence-electron chi connectivity index (χ1n) is 9.43. The van der Waals surface area contributed by atoms with Gasteiger partial charge in [-0.2, -0.15) is 0 Å². The molecule has 2 aromatic carbocycles. The van der Waals surface area contributed by atoms with Crippen LogP contribution in [0.3, 0.4) is 0 Å². The number of carbonyl (C=O) groups is 3. The summed E-state index contributed by atoms with van der Waals surface area (Å²) in [6.45, 7) is 2.04. The lowest BCUT2D eigenvalue weighted by atomic mass is 9.96. The maximum Gasteiger partial charge on any atom is 0.331 e. The maximum atomic E-state index is 13.6. The van der Waals surface area contributed by atoms with Crippen molar-refractivity contribution >= 4 is 23.5 Å². The summed E-state index contributed by atoms with van der Waals surface area (Å²) in [6.07, 6.45) is 2.94. The van der Waals surface area contributed by atoms with Gasteiger partial charge in [0.25, 0.3) is 11.8 Å². The zero-order chi connectivity index (χ0) is 20.5. The van der Waals surface area contributed by atoms with Crippen molar-refractivity contribution in [2.45, 2.75) is 32.4 Å². The number of urea groups is 1. The standard InChI is InChI=1S/C22H20FN3O3/c1-14-7-8-16-11-17(23)9-10-19(16)25(14)13-18-20(27)24-22(29)26(21(18)28)12-15-5-3-2-4-6-15/h2-6,9-11,13-14H,7-8,12H2,1H3,(H,24,27,29). The number of benzene rings is 2. The van der Waals surface area contributed by atoms with Crippen LogP contribution in [0.25, 0.3) is 0 Å². The van der Waals surface area contributed by atoms with Crippen molar-refractivity contribution < 1.29 is 18.8 Å². The fourth-order valence-electron chi connectivity index (χ4n) is 3.67. The van der Waals surface area contributed by atoms with Crippen molar-refractivity contribution in [3.05, 3.63) is 77.2 Å². The summed E-state index contributed by atoms with van der Waals surface area (Å²) in [6, 6.07) is 12.8. The molecule has 0 saturated carbocycles. The first-order chi connectivity index (χ1) is 13.9. The second-order valence-corrected chi connectivity index (χ2v) is 7.25. The van der Waals surface area contributed by atoms with Crippen LogP contribution >= 0.6 is 0 Å². The Balaban J connectivity index is 1.68. The van der Waals surface area contributed by atoms with E-state index in [1.807, 2.05) is 30.0 Å². The number of amides is 4. The van der Waals surface area contributed by atoms with E-state index in [2.05, 4.69) is 5.32 Å². The van der Waals surface area contributed by atoms with Gasteiger partial charge in [-0.3, -0.25) is 19.8 Å². The number of aryl methyl sites for hydroxylation is 1. The molecule has 0 aromatic heterocycles. The highest BCUT2D eigenvalue weighted by Gasteiger charge is 2.37. The first kappa shape index (κ1) is 18.9. The molecular weight excluding hydrogens is 373 g/mol. The zero-order valence-electron chi connectivity index (χ0n) is 15.9. The smallest absolute Gasteiger partial charge is 0.331 e. The number of hydrogen-bond acceptors (Lipinski definition) is 4. The molecule has 1 N–H and O–H groups in total. The molecule has 148 valence electrons. The fourth-order valence-corrected chi connectivity index (χ4v) is 3.67. The second-order valence-electron chi connectivity index (χ2n) is 7.25. The lowest BCUT2D eigenvalue weighted by Crippen LogP contribution is -2.54. The van der Waals surface area contributed by atoms with Gasteiger partial charge in [-0.05, 0) is 49.1 Å². The monoisotopic (exact) mass is 393 g/mol. The first-order valence-corrected chi connectivity index (χ1v) is 9.43. The van der Waals surface area contributed by atoms with Gasteiger partial charge in [-0.15, -0.1) is 0 Å². The summed E-state index contributed by atoms with van der Waals surface area (Å²) >= 11 is 0. The number of nitrogens with zero attached hydrogens (tertiary/aromatic N) is 2. The van der Waals surface area contributed by atoms with Crippen molar-refractivity contribution in [1.82, 2.24) is 10.2 Å². The van der Waals surface area contributed by atoms with Crippen molar-refractivity contribution in [3.63, 3.8) is 0 Å². The molecule has 0 aliphatic carbocycles. The molecule has 0 radical (unpaired) electrons.